The van der Waals surface area contributed by atoms with Crippen molar-refractivity contribution < 1.29 is 14.3 Å². The Bertz CT molecular complexity index is 1520. The maximum Gasteiger partial charge on any atom is 0.344 e. The summed E-state index contributed by atoms with van der Waals surface area (Å²) in [6.07, 6.45) is 0. The van der Waals surface area contributed by atoms with Gasteiger partial charge in [-0.15, -0.1) is 0 Å². The number of ether oxygens (including phenoxy) is 2. The smallest absolute Gasteiger partial charge is 0.344 e. The first-order chi connectivity index (χ1) is 17.3. The number of carbonyl (C=O) groups is 1. The third-order valence-corrected chi connectivity index (χ3v) is 6.25. The molecule has 0 saturated carbocycles. The Kier molecular flexibility index (Phi) is 6.63. The molecule has 1 fully saturated rings. The summed E-state index contributed by atoms with van der Waals surface area (Å²) < 4.78 is 12.9. The van der Waals surface area contributed by atoms with E-state index in [0.29, 0.717) is 11.1 Å². The Hall–Kier alpha value is -4.81. The fourth-order valence-corrected chi connectivity index (χ4v) is 4.53. The Labute approximate surface area is 210 Å². The maximum absolute atomic E-state index is 12.8. The fraction of sp³-hybridized carbons (Fsp3) is 0.167. The maximum atomic E-state index is 12.8. The minimum absolute atomic E-state index is 0.0107. The third kappa shape index (κ3) is 4.10. The number of methoxy groups -OCH3 is 1. The molecule has 1 aliphatic rings. The number of hydrogen-bond acceptors (Lipinski definition) is 5. The molecular formula is C30H25N3O3. The SMILES string of the molecule is COc1ccc(-n2c(-c3ccccc3)cc(/C(C)=C3/C(=C(C#N)C#N)OC(=O)C3=C(C)C)c2C)cc1. The Morgan fingerprint density at radius 1 is 0.944 bits per heavy atom. The predicted molar refractivity (Wildman–Crippen MR) is 138 cm³/mol. The summed E-state index contributed by atoms with van der Waals surface area (Å²) in [6.45, 7) is 7.53. The van der Waals surface area contributed by atoms with Gasteiger partial charge >= 0.3 is 5.97 Å². The van der Waals surface area contributed by atoms with Crippen LogP contribution in [-0.2, 0) is 9.53 Å². The summed E-state index contributed by atoms with van der Waals surface area (Å²) in [7, 11) is 1.63. The average Bonchev–Trinajstić information content (AvgIpc) is 3.42. The molecule has 1 saturated heterocycles. The van der Waals surface area contributed by atoms with E-state index in [1.807, 2.05) is 94.4 Å². The number of rotatable bonds is 4. The van der Waals surface area contributed by atoms with Gasteiger partial charge in [-0.3, -0.25) is 0 Å². The van der Waals surface area contributed by atoms with Crippen molar-refractivity contribution in [3.63, 3.8) is 0 Å². The van der Waals surface area contributed by atoms with E-state index in [9.17, 15) is 15.3 Å². The topological polar surface area (TPSA) is 88.0 Å². The van der Waals surface area contributed by atoms with E-state index in [4.69, 9.17) is 9.47 Å². The van der Waals surface area contributed by atoms with Gasteiger partial charge in [-0.05, 0) is 74.7 Å². The van der Waals surface area contributed by atoms with Crippen LogP contribution in [0.5, 0.6) is 5.75 Å². The molecule has 6 nitrogen and oxygen atoms in total. The molecule has 0 spiro atoms. The largest absolute Gasteiger partial charge is 0.497 e. The van der Waals surface area contributed by atoms with Crippen LogP contribution in [0.2, 0.25) is 0 Å². The highest BCUT2D eigenvalue weighted by molar-refractivity contribution is 6.04. The van der Waals surface area contributed by atoms with Gasteiger partial charge in [0.15, 0.2) is 11.3 Å². The van der Waals surface area contributed by atoms with Crippen LogP contribution in [0.25, 0.3) is 22.5 Å². The lowest BCUT2D eigenvalue weighted by Crippen LogP contribution is -2.01. The number of carbonyl (C=O) groups excluding carboxylic acids is 1. The zero-order valence-corrected chi connectivity index (χ0v) is 20.8. The summed E-state index contributed by atoms with van der Waals surface area (Å²) in [5.41, 5.74) is 6.86. The lowest BCUT2D eigenvalue weighted by Gasteiger charge is -2.14. The van der Waals surface area contributed by atoms with Crippen LogP contribution >= 0.6 is 0 Å². The van der Waals surface area contributed by atoms with Gasteiger partial charge in [0.2, 0.25) is 0 Å². The number of benzene rings is 2. The number of aromatic nitrogens is 1. The number of allylic oxidation sites excluding steroid dienone is 4. The molecule has 3 aromatic rings. The van der Waals surface area contributed by atoms with Gasteiger partial charge in [-0.25, -0.2) is 4.79 Å². The van der Waals surface area contributed by atoms with Crippen molar-refractivity contribution in [2.45, 2.75) is 27.7 Å². The summed E-state index contributed by atoms with van der Waals surface area (Å²) in [6, 6.07) is 23.6. The Morgan fingerprint density at radius 2 is 1.58 bits per heavy atom. The van der Waals surface area contributed by atoms with E-state index in [0.717, 1.165) is 45.1 Å². The zero-order valence-electron chi connectivity index (χ0n) is 20.8. The van der Waals surface area contributed by atoms with Crippen molar-refractivity contribution in [3.05, 3.63) is 100.0 Å². The van der Waals surface area contributed by atoms with E-state index in [1.165, 1.54) is 0 Å². The molecule has 2 heterocycles. The molecule has 2 aromatic carbocycles. The monoisotopic (exact) mass is 475 g/mol. The van der Waals surface area contributed by atoms with E-state index in [1.54, 1.807) is 7.11 Å². The molecule has 4 rings (SSSR count). The summed E-state index contributed by atoms with van der Waals surface area (Å²) >= 11 is 0. The van der Waals surface area contributed by atoms with Crippen LogP contribution in [0.1, 0.15) is 32.0 Å². The number of cyclic esters (lactones) is 1. The molecule has 0 radical (unpaired) electrons. The second-order valence-electron chi connectivity index (χ2n) is 8.62. The molecular weight excluding hydrogens is 450 g/mol. The second-order valence-corrected chi connectivity index (χ2v) is 8.62. The number of nitrogens with zero attached hydrogens (tertiary/aromatic N) is 3. The highest BCUT2D eigenvalue weighted by Crippen LogP contribution is 2.42. The second kappa shape index (κ2) is 9.82. The average molecular weight is 476 g/mol. The molecule has 1 aliphatic heterocycles. The first-order valence-corrected chi connectivity index (χ1v) is 11.4. The number of hydrogen-bond donors (Lipinski definition) is 0. The van der Waals surface area contributed by atoms with Gasteiger partial charge in [0.05, 0.1) is 18.4 Å². The van der Waals surface area contributed by atoms with Crippen molar-refractivity contribution >= 4 is 11.5 Å². The summed E-state index contributed by atoms with van der Waals surface area (Å²) in [4.78, 5) is 12.8. The van der Waals surface area contributed by atoms with Gasteiger partial charge < -0.3 is 14.0 Å². The van der Waals surface area contributed by atoms with Gasteiger partial charge in [-0.1, -0.05) is 35.9 Å². The van der Waals surface area contributed by atoms with Crippen molar-refractivity contribution in [1.29, 1.82) is 10.5 Å². The molecule has 178 valence electrons. The molecule has 0 bridgehead atoms. The highest BCUT2D eigenvalue weighted by atomic mass is 16.5. The zero-order chi connectivity index (χ0) is 26.0. The molecule has 36 heavy (non-hydrogen) atoms. The Morgan fingerprint density at radius 3 is 2.14 bits per heavy atom. The summed E-state index contributed by atoms with van der Waals surface area (Å²) in [5, 5.41) is 19.1. The van der Waals surface area contributed by atoms with Crippen LogP contribution in [0.3, 0.4) is 0 Å². The van der Waals surface area contributed by atoms with Crippen molar-refractivity contribution in [1.82, 2.24) is 4.57 Å². The van der Waals surface area contributed by atoms with Crippen LogP contribution in [0.15, 0.2) is 88.7 Å². The van der Waals surface area contributed by atoms with Gasteiger partial charge in [0.1, 0.15) is 17.9 Å². The molecule has 6 heteroatoms. The van der Waals surface area contributed by atoms with Crippen LogP contribution in [0, 0.1) is 29.6 Å². The summed E-state index contributed by atoms with van der Waals surface area (Å²) in [5.74, 6) is 0.211. The number of nitriles is 2. The van der Waals surface area contributed by atoms with Crippen molar-refractivity contribution in [2.24, 2.45) is 0 Å². The van der Waals surface area contributed by atoms with E-state index >= 15 is 0 Å². The van der Waals surface area contributed by atoms with Crippen molar-refractivity contribution in [3.8, 4) is 34.8 Å². The third-order valence-electron chi connectivity index (χ3n) is 6.25. The lowest BCUT2D eigenvalue weighted by atomic mass is 9.92. The normalized spacial score (nSPS) is 14.1. The van der Waals surface area contributed by atoms with Gasteiger partial charge in [0, 0.05) is 17.0 Å². The quantitative estimate of drug-likeness (QED) is 0.246. The van der Waals surface area contributed by atoms with E-state index in [-0.39, 0.29) is 11.3 Å². The van der Waals surface area contributed by atoms with Crippen LogP contribution in [-0.4, -0.2) is 17.6 Å². The molecule has 0 N–H and O–H groups in total. The predicted octanol–water partition coefficient (Wildman–Crippen LogP) is 6.43. The molecule has 0 amide bonds. The van der Waals surface area contributed by atoms with E-state index < -0.39 is 5.97 Å². The van der Waals surface area contributed by atoms with Crippen LogP contribution in [0.4, 0.5) is 0 Å². The molecule has 1 aromatic heterocycles. The molecule has 0 unspecified atom stereocenters. The first-order valence-electron chi connectivity index (χ1n) is 11.4. The van der Waals surface area contributed by atoms with Crippen molar-refractivity contribution in [2.75, 3.05) is 7.11 Å². The fourth-order valence-electron chi connectivity index (χ4n) is 4.53. The Balaban J connectivity index is 2.06. The highest BCUT2D eigenvalue weighted by Gasteiger charge is 2.36. The molecule has 0 atom stereocenters. The first kappa shape index (κ1) is 24.3. The van der Waals surface area contributed by atoms with Gasteiger partial charge in [0.25, 0.3) is 0 Å². The van der Waals surface area contributed by atoms with Gasteiger partial charge in [-0.2, -0.15) is 10.5 Å². The standard InChI is InChI=1S/C30H25N3O3/c1-18(2)27-28(29(36-30(27)34)22(16-31)17-32)19(3)25-15-26(21-9-7-6-8-10-21)33(20(25)4)23-11-13-24(35-5)14-12-23/h6-15H,1-5H3/b28-19+. The van der Waals surface area contributed by atoms with E-state index in [2.05, 4.69) is 10.6 Å². The minimum atomic E-state index is -0.558. The number of esters is 1. The van der Waals surface area contributed by atoms with Crippen LogP contribution < -0.4 is 4.74 Å². The lowest BCUT2D eigenvalue weighted by molar-refractivity contribution is -0.132. The molecule has 0 aliphatic carbocycles. The minimum Gasteiger partial charge on any atom is -0.497 e.